The van der Waals surface area contributed by atoms with Gasteiger partial charge in [-0.05, 0) is 112 Å². The van der Waals surface area contributed by atoms with Crippen LogP contribution >= 0.6 is 0 Å². The van der Waals surface area contributed by atoms with E-state index in [1.54, 1.807) is 45.9 Å². The number of fused-ring (bicyclic) bond motifs is 3. The van der Waals surface area contributed by atoms with E-state index in [1.165, 1.54) is 18.3 Å². The van der Waals surface area contributed by atoms with Crippen LogP contribution in [0.3, 0.4) is 0 Å². The standard InChI is InChI=1S/C52H79N5O12/c1-31-16-12-11-13-17-32(2)43(65-8)28-39-21-19-37(7)52(64,69-39)49(61)50(62)56-23-15-14-18-41(56)51(63)68-44(34(4)26-38-20-22-40(45(27-38)66-9)57-54-30-53-55-57)29-42(58)33(3)25-36(6)47(60)48(67-10)46(59)35(5)24-31/h11-13,16-17,25,30-31,33-35,37-41,43-45,47-48,60,64H,14-15,18-24,26-29H2,1-10H3/b13-11+,16-12+,32-17+,36-25+/t31-,33-,34-,35?,37-,38+,39+,40+,41?,43+,44+,45-,47-,48?,52?/m1/s1. The maximum Gasteiger partial charge on any atom is 0.329 e. The van der Waals surface area contributed by atoms with Gasteiger partial charge >= 0.3 is 5.97 Å². The molecular weight excluding hydrogens is 887 g/mol. The van der Waals surface area contributed by atoms with Gasteiger partial charge in [0.05, 0.1) is 24.4 Å². The molecule has 1 saturated carbocycles. The number of esters is 1. The van der Waals surface area contributed by atoms with Crippen molar-refractivity contribution in [3.05, 3.63) is 53.9 Å². The van der Waals surface area contributed by atoms with Crippen LogP contribution in [0.1, 0.15) is 132 Å². The average Bonchev–Trinajstić information content (AvgIpc) is 3.88. The highest BCUT2D eigenvalue weighted by atomic mass is 16.6. The lowest BCUT2D eigenvalue weighted by Crippen LogP contribution is -2.61. The second-order valence-electron chi connectivity index (χ2n) is 20.3. The zero-order valence-corrected chi connectivity index (χ0v) is 42.5. The largest absolute Gasteiger partial charge is 0.460 e. The Kier molecular flexibility index (Phi) is 20.8. The highest BCUT2D eigenvalue weighted by Crippen LogP contribution is 2.39. The Labute approximate surface area is 408 Å². The number of allylic oxidation sites excluding steroid dienone is 6. The Morgan fingerprint density at radius 1 is 0.884 bits per heavy atom. The zero-order chi connectivity index (χ0) is 50.6. The first-order valence-electron chi connectivity index (χ1n) is 25.0. The van der Waals surface area contributed by atoms with Gasteiger partial charge in [-0.15, -0.1) is 10.2 Å². The van der Waals surface area contributed by atoms with Crippen LogP contribution in [0.5, 0.6) is 0 Å². The van der Waals surface area contributed by atoms with Crippen molar-refractivity contribution in [1.29, 1.82) is 0 Å². The third-order valence-corrected chi connectivity index (χ3v) is 15.1. The summed E-state index contributed by atoms with van der Waals surface area (Å²) in [4.78, 5) is 73.9. The Morgan fingerprint density at radius 2 is 1.64 bits per heavy atom. The average molecular weight is 966 g/mol. The number of hydrogen-bond donors (Lipinski definition) is 2. The summed E-state index contributed by atoms with van der Waals surface area (Å²) >= 11 is 0. The molecule has 0 radical (unpaired) electrons. The molecule has 384 valence electrons. The van der Waals surface area contributed by atoms with Gasteiger partial charge in [0.15, 0.2) is 12.1 Å². The SMILES string of the molecule is COC1C(=O)C(C)C[C@H](C)/C=C/C=C/C=C(\C)[C@@H](OC)C[C@@H]2CC[C@@H](C)C(O)(O2)C(=O)C(=O)N2CCCCC2C(=O)O[C@H]([C@H](C)C[C@@H]2CC[C@H](n3ncnn3)[C@H](OC)C2)CC(=O)[C@H](C)/C=C(\C)[C@H]1O. The third kappa shape index (κ3) is 14.2. The minimum atomic E-state index is -2.43. The second-order valence-corrected chi connectivity index (χ2v) is 20.3. The van der Waals surface area contributed by atoms with Crippen molar-refractivity contribution in [3.63, 3.8) is 0 Å². The number of rotatable bonds is 7. The van der Waals surface area contributed by atoms with E-state index in [0.29, 0.717) is 56.9 Å². The molecule has 2 bridgehead atoms. The highest BCUT2D eigenvalue weighted by molar-refractivity contribution is 6.39. The summed E-state index contributed by atoms with van der Waals surface area (Å²) in [6.07, 6.45) is 13.7. The summed E-state index contributed by atoms with van der Waals surface area (Å²) < 4.78 is 29.9. The molecule has 1 aromatic rings. The molecule has 69 heavy (non-hydrogen) atoms. The van der Waals surface area contributed by atoms with Crippen molar-refractivity contribution in [2.24, 2.45) is 35.5 Å². The normalized spacial score (nSPS) is 38.8. The quantitative estimate of drug-likeness (QED) is 0.181. The number of carbonyl (C=O) groups is 5. The van der Waals surface area contributed by atoms with E-state index in [1.807, 2.05) is 58.1 Å². The highest BCUT2D eigenvalue weighted by Gasteiger charge is 2.53. The van der Waals surface area contributed by atoms with E-state index in [4.69, 9.17) is 23.7 Å². The number of amides is 1. The van der Waals surface area contributed by atoms with Crippen molar-refractivity contribution in [2.75, 3.05) is 27.9 Å². The molecule has 15 atom stereocenters. The van der Waals surface area contributed by atoms with E-state index in [9.17, 15) is 34.2 Å². The smallest absolute Gasteiger partial charge is 0.329 e. The Bertz CT molecular complexity index is 2020. The summed E-state index contributed by atoms with van der Waals surface area (Å²) in [6.45, 7) is 12.8. The number of aliphatic hydroxyl groups excluding tert-OH is 1. The predicted octanol–water partition coefficient (Wildman–Crippen LogP) is 6.05. The van der Waals surface area contributed by atoms with E-state index in [-0.39, 0.29) is 60.9 Å². The molecule has 17 heteroatoms. The lowest BCUT2D eigenvalue weighted by Gasteiger charge is -2.42. The first-order chi connectivity index (χ1) is 32.8. The van der Waals surface area contributed by atoms with Crippen molar-refractivity contribution < 1.29 is 57.9 Å². The van der Waals surface area contributed by atoms with Gasteiger partial charge in [-0.2, -0.15) is 4.80 Å². The number of aromatic nitrogens is 4. The van der Waals surface area contributed by atoms with Crippen LogP contribution in [0.4, 0.5) is 0 Å². The van der Waals surface area contributed by atoms with Crippen LogP contribution < -0.4 is 0 Å². The minimum Gasteiger partial charge on any atom is -0.460 e. The first kappa shape index (κ1) is 55.7. The van der Waals surface area contributed by atoms with Crippen LogP contribution in [0, 0.1) is 35.5 Å². The number of ether oxygens (including phenoxy) is 5. The Hall–Kier alpha value is -4.26. The molecule has 0 spiro atoms. The number of ketones is 3. The van der Waals surface area contributed by atoms with Crippen molar-refractivity contribution >= 4 is 29.2 Å². The number of carbonyl (C=O) groups excluding carboxylic acids is 5. The lowest BCUT2D eigenvalue weighted by atomic mass is 9.77. The zero-order valence-electron chi connectivity index (χ0n) is 42.5. The van der Waals surface area contributed by atoms with Crippen LogP contribution in [-0.2, 0) is 47.7 Å². The maximum atomic E-state index is 14.5. The monoisotopic (exact) mass is 966 g/mol. The Morgan fingerprint density at radius 3 is 2.32 bits per heavy atom. The van der Waals surface area contributed by atoms with Crippen molar-refractivity contribution in [2.45, 2.75) is 180 Å². The summed E-state index contributed by atoms with van der Waals surface area (Å²) in [5.41, 5.74) is 1.27. The molecule has 1 amide bonds. The second kappa shape index (κ2) is 25.7. The third-order valence-electron chi connectivity index (χ3n) is 15.1. The van der Waals surface area contributed by atoms with Gasteiger partial charge in [0, 0.05) is 58.5 Å². The first-order valence-corrected chi connectivity index (χ1v) is 25.0. The van der Waals surface area contributed by atoms with Gasteiger partial charge in [-0.3, -0.25) is 19.2 Å². The number of nitrogens with zero attached hydrogens (tertiary/aromatic N) is 5. The number of Topliss-reactive ketones (excluding diaryl/α,β-unsaturated/α-hetero) is 3. The van der Waals surface area contributed by atoms with Gasteiger partial charge in [0.25, 0.3) is 11.7 Å². The summed E-state index contributed by atoms with van der Waals surface area (Å²) in [5, 5.41) is 35.7. The van der Waals surface area contributed by atoms with Crippen LogP contribution in [-0.4, -0.2) is 141 Å². The molecule has 1 aromatic heterocycles. The van der Waals surface area contributed by atoms with E-state index in [0.717, 1.165) is 18.4 Å². The van der Waals surface area contributed by atoms with Crippen molar-refractivity contribution in [3.8, 4) is 0 Å². The molecule has 2 N–H and O–H groups in total. The molecule has 1 aliphatic carbocycles. The number of hydrogen-bond acceptors (Lipinski definition) is 15. The molecule has 4 heterocycles. The van der Waals surface area contributed by atoms with Crippen LogP contribution in [0.2, 0.25) is 0 Å². The molecule has 0 aromatic carbocycles. The molecule has 17 nitrogen and oxygen atoms in total. The van der Waals surface area contributed by atoms with Crippen LogP contribution in [0.15, 0.2) is 53.9 Å². The Balaban J connectivity index is 1.46. The molecule has 3 fully saturated rings. The van der Waals surface area contributed by atoms with Gasteiger partial charge < -0.3 is 38.8 Å². The minimum absolute atomic E-state index is 0.0168. The van der Waals surface area contributed by atoms with E-state index < -0.39 is 77.8 Å². The topological polar surface area (TPSA) is 219 Å². The van der Waals surface area contributed by atoms with Crippen LogP contribution in [0.25, 0.3) is 0 Å². The summed E-state index contributed by atoms with van der Waals surface area (Å²) in [5.74, 6) is -7.94. The number of aliphatic hydroxyl groups is 2. The van der Waals surface area contributed by atoms with Gasteiger partial charge in [-0.25, -0.2) is 4.79 Å². The number of cyclic esters (lactones) is 1. The lowest BCUT2D eigenvalue weighted by molar-refractivity contribution is -0.265. The van der Waals surface area contributed by atoms with Gasteiger partial charge in [0.2, 0.25) is 5.79 Å². The molecule has 3 aliphatic heterocycles. The number of methoxy groups -OCH3 is 3. The molecule has 5 rings (SSSR count). The van der Waals surface area contributed by atoms with Gasteiger partial charge in [0.1, 0.15) is 30.1 Å². The predicted molar refractivity (Wildman–Crippen MR) is 256 cm³/mol. The van der Waals surface area contributed by atoms with Gasteiger partial charge in [-0.1, -0.05) is 71.1 Å². The summed E-state index contributed by atoms with van der Waals surface area (Å²) in [7, 11) is 4.61. The van der Waals surface area contributed by atoms with E-state index in [2.05, 4.69) is 15.4 Å². The van der Waals surface area contributed by atoms with E-state index >= 15 is 0 Å². The maximum absolute atomic E-state index is 14.5. The van der Waals surface area contributed by atoms with Crippen molar-refractivity contribution in [1.82, 2.24) is 25.1 Å². The number of piperidine rings is 1. The summed E-state index contributed by atoms with van der Waals surface area (Å²) in [6, 6.07) is -1.24. The fraction of sp³-hybridized carbons (Fsp3) is 0.731. The fourth-order valence-corrected chi connectivity index (χ4v) is 10.7. The fourth-order valence-electron chi connectivity index (χ4n) is 10.7. The molecule has 4 unspecified atom stereocenters. The molecule has 4 aliphatic rings. The number of tetrazole rings is 1. The molecule has 2 saturated heterocycles. The molecular formula is C52H79N5O12.